The third-order valence-corrected chi connectivity index (χ3v) is 4.75. The van der Waals surface area contributed by atoms with E-state index in [2.05, 4.69) is 0 Å². The van der Waals surface area contributed by atoms with E-state index in [9.17, 15) is 9.59 Å². The molecule has 1 heterocycles. The molecule has 0 spiro atoms. The van der Waals surface area contributed by atoms with Crippen LogP contribution in [0.25, 0.3) is 10.9 Å². The highest BCUT2D eigenvalue weighted by atomic mass is 16.5. The van der Waals surface area contributed by atoms with Crippen molar-refractivity contribution in [2.24, 2.45) is 7.05 Å². The molecule has 1 fully saturated rings. The fraction of sp³-hybridized carbons (Fsp3) is 0.529. The Labute approximate surface area is 134 Å². The topological polar surface area (TPSA) is 62.5 Å². The molecular weight excluding hydrogens is 296 g/mol. The summed E-state index contributed by atoms with van der Waals surface area (Å²) in [4.78, 5) is 25.6. The van der Waals surface area contributed by atoms with E-state index in [1.54, 1.807) is 19.2 Å². The van der Waals surface area contributed by atoms with Gasteiger partial charge in [0.15, 0.2) is 11.5 Å². The number of benzene rings is 1. The molecule has 0 aliphatic heterocycles. The molecule has 1 aliphatic carbocycles. The van der Waals surface area contributed by atoms with Gasteiger partial charge in [0.25, 0.3) is 5.56 Å². The van der Waals surface area contributed by atoms with Crippen LogP contribution in [0, 0.1) is 0 Å². The van der Waals surface area contributed by atoms with Gasteiger partial charge in [-0.2, -0.15) is 0 Å². The highest BCUT2D eigenvalue weighted by molar-refractivity contribution is 5.82. The Morgan fingerprint density at radius 2 is 1.61 bits per heavy atom. The summed E-state index contributed by atoms with van der Waals surface area (Å²) in [5.74, 6) is 0.996. The zero-order valence-corrected chi connectivity index (χ0v) is 13.8. The van der Waals surface area contributed by atoms with Gasteiger partial charge in [0.1, 0.15) is 0 Å². The lowest BCUT2D eigenvalue weighted by Gasteiger charge is -2.24. The van der Waals surface area contributed by atoms with Gasteiger partial charge in [0.05, 0.1) is 25.1 Å². The zero-order chi connectivity index (χ0) is 16.6. The maximum Gasteiger partial charge on any atom is 0.331 e. The van der Waals surface area contributed by atoms with Crippen molar-refractivity contribution in [3.05, 3.63) is 33.0 Å². The van der Waals surface area contributed by atoms with Gasteiger partial charge in [-0.15, -0.1) is 0 Å². The number of hydrogen-bond donors (Lipinski definition) is 0. The van der Waals surface area contributed by atoms with Crippen LogP contribution in [0.4, 0.5) is 0 Å². The van der Waals surface area contributed by atoms with Crippen molar-refractivity contribution in [1.29, 1.82) is 0 Å². The molecule has 1 aromatic carbocycles. The van der Waals surface area contributed by atoms with Gasteiger partial charge in [-0.3, -0.25) is 13.9 Å². The van der Waals surface area contributed by atoms with Crippen molar-refractivity contribution in [3.63, 3.8) is 0 Å². The summed E-state index contributed by atoms with van der Waals surface area (Å²) in [5.41, 5.74) is 0.0577. The second-order valence-corrected chi connectivity index (χ2v) is 6.03. The number of methoxy groups -OCH3 is 2. The molecule has 1 aromatic heterocycles. The molecule has 1 aliphatic rings. The molecule has 23 heavy (non-hydrogen) atoms. The van der Waals surface area contributed by atoms with E-state index in [4.69, 9.17) is 9.47 Å². The number of fused-ring (bicyclic) bond motifs is 1. The minimum absolute atomic E-state index is 0.00699. The molecule has 0 bridgehead atoms. The van der Waals surface area contributed by atoms with Gasteiger partial charge >= 0.3 is 5.69 Å². The number of ether oxygens (including phenoxy) is 2. The second-order valence-electron chi connectivity index (χ2n) is 6.03. The molecule has 0 N–H and O–H groups in total. The third-order valence-electron chi connectivity index (χ3n) is 4.75. The number of aryl methyl sites for hydroxylation is 1. The molecule has 0 amide bonds. The van der Waals surface area contributed by atoms with E-state index in [-0.39, 0.29) is 17.3 Å². The fourth-order valence-electron chi connectivity index (χ4n) is 3.46. The number of rotatable bonds is 3. The molecule has 0 radical (unpaired) electrons. The van der Waals surface area contributed by atoms with Gasteiger partial charge in [-0.05, 0) is 18.9 Å². The molecule has 6 nitrogen and oxygen atoms in total. The van der Waals surface area contributed by atoms with Crippen molar-refractivity contribution in [2.75, 3.05) is 14.2 Å². The average molecular weight is 318 g/mol. The van der Waals surface area contributed by atoms with Gasteiger partial charge in [0.2, 0.25) is 0 Å². The molecule has 0 atom stereocenters. The Kier molecular flexibility index (Phi) is 4.15. The lowest BCUT2D eigenvalue weighted by atomic mass is 9.95. The van der Waals surface area contributed by atoms with Gasteiger partial charge < -0.3 is 9.47 Å². The maximum absolute atomic E-state index is 12.9. The van der Waals surface area contributed by atoms with Gasteiger partial charge in [-0.25, -0.2) is 4.79 Å². The van der Waals surface area contributed by atoms with Crippen LogP contribution >= 0.6 is 0 Å². The van der Waals surface area contributed by atoms with E-state index in [0.717, 1.165) is 25.7 Å². The monoisotopic (exact) mass is 318 g/mol. The van der Waals surface area contributed by atoms with Crippen molar-refractivity contribution in [3.8, 4) is 11.5 Å². The van der Waals surface area contributed by atoms with Crippen LogP contribution in [-0.4, -0.2) is 23.4 Å². The second kappa shape index (κ2) is 6.10. The molecule has 2 aromatic rings. The average Bonchev–Trinajstić information content (AvgIpc) is 2.59. The zero-order valence-electron chi connectivity index (χ0n) is 13.8. The molecule has 1 saturated carbocycles. The van der Waals surface area contributed by atoms with Crippen molar-refractivity contribution in [1.82, 2.24) is 9.13 Å². The van der Waals surface area contributed by atoms with E-state index in [1.165, 1.54) is 29.8 Å². The summed E-state index contributed by atoms with van der Waals surface area (Å²) in [7, 11) is 4.76. The highest BCUT2D eigenvalue weighted by Gasteiger charge is 2.22. The van der Waals surface area contributed by atoms with Crippen LogP contribution in [0.15, 0.2) is 21.7 Å². The first-order chi connectivity index (χ1) is 11.1. The van der Waals surface area contributed by atoms with Crippen LogP contribution in [0.5, 0.6) is 11.5 Å². The van der Waals surface area contributed by atoms with Gasteiger partial charge in [-0.1, -0.05) is 19.3 Å². The Morgan fingerprint density at radius 3 is 2.22 bits per heavy atom. The molecular formula is C17H22N2O4. The molecule has 0 saturated heterocycles. The number of aromatic nitrogens is 2. The fourth-order valence-corrected chi connectivity index (χ4v) is 3.46. The standard InChI is InChI=1S/C17H22N2O4/c1-18-13-10-15(23-3)14(22-2)9-12(13)16(20)19(17(18)21)11-7-5-4-6-8-11/h9-11H,4-8H2,1-3H3. The molecule has 6 heteroatoms. The minimum atomic E-state index is -0.262. The first-order valence-corrected chi connectivity index (χ1v) is 7.95. The lowest BCUT2D eigenvalue weighted by Crippen LogP contribution is -2.42. The minimum Gasteiger partial charge on any atom is -0.493 e. The lowest BCUT2D eigenvalue weighted by molar-refractivity contribution is 0.333. The Balaban J connectivity index is 2.31. The summed E-state index contributed by atoms with van der Waals surface area (Å²) in [6.45, 7) is 0. The van der Waals surface area contributed by atoms with E-state index in [0.29, 0.717) is 22.4 Å². The number of hydrogen-bond acceptors (Lipinski definition) is 4. The Bertz CT molecular complexity index is 844. The summed E-state index contributed by atoms with van der Waals surface area (Å²) < 4.78 is 13.5. The van der Waals surface area contributed by atoms with E-state index >= 15 is 0 Å². The smallest absolute Gasteiger partial charge is 0.331 e. The Hall–Kier alpha value is -2.24. The van der Waals surface area contributed by atoms with Crippen LogP contribution in [-0.2, 0) is 7.05 Å². The largest absolute Gasteiger partial charge is 0.493 e. The van der Waals surface area contributed by atoms with Crippen LogP contribution in [0.1, 0.15) is 38.1 Å². The van der Waals surface area contributed by atoms with Crippen LogP contribution in [0.3, 0.4) is 0 Å². The molecule has 0 unspecified atom stereocenters. The molecule has 124 valence electrons. The third kappa shape index (κ3) is 2.52. The normalized spacial score (nSPS) is 15.8. The van der Waals surface area contributed by atoms with Gasteiger partial charge in [0, 0.05) is 19.2 Å². The van der Waals surface area contributed by atoms with E-state index in [1.807, 2.05) is 0 Å². The summed E-state index contributed by atoms with van der Waals surface area (Å²) in [6, 6.07) is 3.34. The first kappa shape index (κ1) is 15.6. The predicted molar refractivity (Wildman–Crippen MR) is 88.7 cm³/mol. The quantitative estimate of drug-likeness (QED) is 0.870. The Morgan fingerprint density at radius 1 is 1.00 bits per heavy atom. The van der Waals surface area contributed by atoms with E-state index < -0.39 is 0 Å². The van der Waals surface area contributed by atoms with Crippen molar-refractivity contribution < 1.29 is 9.47 Å². The summed E-state index contributed by atoms with van der Waals surface area (Å²) >= 11 is 0. The maximum atomic E-state index is 12.9. The highest BCUT2D eigenvalue weighted by Crippen LogP contribution is 2.31. The number of nitrogens with zero attached hydrogens (tertiary/aromatic N) is 2. The predicted octanol–water partition coefficient (Wildman–Crippen LogP) is 2.22. The van der Waals surface area contributed by atoms with Crippen molar-refractivity contribution in [2.45, 2.75) is 38.1 Å². The SMILES string of the molecule is COc1cc2c(=O)n(C3CCCCC3)c(=O)n(C)c2cc1OC. The van der Waals surface area contributed by atoms with Crippen LogP contribution < -0.4 is 20.7 Å². The summed E-state index contributed by atoms with van der Waals surface area (Å²) in [6.07, 6.45) is 5.06. The van der Waals surface area contributed by atoms with Crippen molar-refractivity contribution >= 4 is 10.9 Å². The first-order valence-electron chi connectivity index (χ1n) is 7.95. The van der Waals surface area contributed by atoms with Crippen LogP contribution in [0.2, 0.25) is 0 Å². The summed E-state index contributed by atoms with van der Waals surface area (Å²) in [5, 5.41) is 0.482. The molecule has 3 rings (SSSR count).